The van der Waals surface area contributed by atoms with Gasteiger partial charge in [-0.1, -0.05) is 12.1 Å². The minimum atomic E-state index is 0.578. The maximum absolute atomic E-state index is 5.22. The first kappa shape index (κ1) is 16.3. The van der Waals surface area contributed by atoms with E-state index in [0.29, 0.717) is 6.04 Å². The van der Waals surface area contributed by atoms with Gasteiger partial charge in [0.25, 0.3) is 0 Å². The lowest BCUT2D eigenvalue weighted by Crippen LogP contribution is -2.44. The average Bonchev–Trinajstić information content (AvgIpc) is 2.55. The van der Waals surface area contributed by atoms with E-state index in [1.54, 1.807) is 7.11 Å². The zero-order valence-corrected chi connectivity index (χ0v) is 13.9. The van der Waals surface area contributed by atoms with Crippen molar-refractivity contribution in [3.8, 4) is 5.75 Å². The summed E-state index contributed by atoms with van der Waals surface area (Å²) in [6.45, 7) is 2.34. The van der Waals surface area contributed by atoms with Crippen molar-refractivity contribution in [2.24, 2.45) is 0 Å². The van der Waals surface area contributed by atoms with E-state index in [0.717, 1.165) is 24.3 Å². The van der Waals surface area contributed by atoms with Crippen molar-refractivity contribution in [2.45, 2.75) is 57.2 Å². The van der Waals surface area contributed by atoms with Crippen LogP contribution in [0.25, 0.3) is 0 Å². The predicted octanol–water partition coefficient (Wildman–Crippen LogP) is 3.09. The van der Waals surface area contributed by atoms with Gasteiger partial charge in [0.15, 0.2) is 0 Å². The normalized spacial score (nSPS) is 24.0. The molecule has 0 bridgehead atoms. The SMILES string of the molecule is CNC1CCC(N(C)C(C)Cc2ccc(OC)cc2)CC1. The number of hydrogen-bond donors (Lipinski definition) is 1. The first-order valence-corrected chi connectivity index (χ1v) is 8.16. The first-order chi connectivity index (χ1) is 10.1. The molecule has 0 amide bonds. The van der Waals surface area contributed by atoms with E-state index >= 15 is 0 Å². The van der Waals surface area contributed by atoms with E-state index in [1.807, 2.05) is 0 Å². The number of hydrogen-bond acceptors (Lipinski definition) is 3. The molecule has 1 aliphatic carbocycles. The zero-order valence-electron chi connectivity index (χ0n) is 13.9. The highest BCUT2D eigenvalue weighted by Gasteiger charge is 2.25. The van der Waals surface area contributed by atoms with Gasteiger partial charge in [0.1, 0.15) is 5.75 Å². The first-order valence-electron chi connectivity index (χ1n) is 8.16. The lowest BCUT2D eigenvalue weighted by Gasteiger charge is -2.38. The smallest absolute Gasteiger partial charge is 0.118 e. The molecule has 1 atom stereocenters. The Morgan fingerprint density at radius 1 is 1.19 bits per heavy atom. The molecule has 1 fully saturated rings. The van der Waals surface area contributed by atoms with Crippen LogP contribution in [0, 0.1) is 0 Å². The Kier molecular flexibility index (Phi) is 6.07. The number of likely N-dealkylation sites (N-methyl/N-ethyl adjacent to an activating group) is 1. The Labute approximate surface area is 129 Å². The maximum Gasteiger partial charge on any atom is 0.118 e. The molecule has 1 aliphatic rings. The molecule has 1 unspecified atom stereocenters. The van der Waals surface area contributed by atoms with E-state index in [4.69, 9.17) is 4.74 Å². The molecule has 1 aromatic rings. The second kappa shape index (κ2) is 7.81. The zero-order chi connectivity index (χ0) is 15.2. The Bertz CT molecular complexity index is 410. The average molecular weight is 290 g/mol. The van der Waals surface area contributed by atoms with E-state index in [1.165, 1.54) is 31.2 Å². The monoisotopic (exact) mass is 290 g/mol. The van der Waals surface area contributed by atoms with Gasteiger partial charge in [-0.25, -0.2) is 0 Å². The molecular formula is C18H30N2O. The summed E-state index contributed by atoms with van der Waals surface area (Å²) in [7, 11) is 6.09. The molecule has 0 radical (unpaired) electrons. The van der Waals surface area contributed by atoms with Crippen LogP contribution in [0.5, 0.6) is 5.75 Å². The summed E-state index contributed by atoms with van der Waals surface area (Å²) in [5, 5.41) is 3.41. The third-order valence-corrected chi connectivity index (χ3v) is 5.07. The van der Waals surface area contributed by atoms with Crippen LogP contribution in [0.15, 0.2) is 24.3 Å². The summed E-state index contributed by atoms with van der Waals surface area (Å²) in [6.07, 6.45) is 6.35. The summed E-state index contributed by atoms with van der Waals surface area (Å²) in [6, 6.07) is 10.5. The third kappa shape index (κ3) is 4.45. The fraction of sp³-hybridized carbons (Fsp3) is 0.667. The van der Waals surface area contributed by atoms with Crippen LogP contribution in [0.2, 0.25) is 0 Å². The summed E-state index contributed by atoms with van der Waals surface area (Å²) in [5.41, 5.74) is 1.39. The van der Waals surface area contributed by atoms with Crippen LogP contribution >= 0.6 is 0 Å². The van der Waals surface area contributed by atoms with Crippen molar-refractivity contribution in [1.29, 1.82) is 0 Å². The van der Waals surface area contributed by atoms with Crippen molar-refractivity contribution < 1.29 is 4.74 Å². The molecule has 1 saturated carbocycles. The van der Waals surface area contributed by atoms with Gasteiger partial charge in [-0.3, -0.25) is 0 Å². The highest BCUT2D eigenvalue weighted by molar-refractivity contribution is 5.27. The lowest BCUT2D eigenvalue weighted by molar-refractivity contribution is 0.135. The number of nitrogens with one attached hydrogen (secondary N) is 1. The van der Waals surface area contributed by atoms with Gasteiger partial charge < -0.3 is 15.0 Å². The second-order valence-electron chi connectivity index (χ2n) is 6.36. The summed E-state index contributed by atoms with van der Waals surface area (Å²) in [4.78, 5) is 2.58. The summed E-state index contributed by atoms with van der Waals surface area (Å²) in [5.74, 6) is 0.935. The number of ether oxygens (including phenoxy) is 1. The molecule has 1 N–H and O–H groups in total. The molecule has 0 spiro atoms. The van der Waals surface area contributed by atoms with Crippen LogP contribution in [-0.4, -0.2) is 44.2 Å². The Hall–Kier alpha value is -1.06. The molecule has 3 nitrogen and oxygen atoms in total. The molecule has 3 heteroatoms. The van der Waals surface area contributed by atoms with E-state index in [2.05, 4.69) is 55.5 Å². The third-order valence-electron chi connectivity index (χ3n) is 5.07. The van der Waals surface area contributed by atoms with Gasteiger partial charge in [-0.15, -0.1) is 0 Å². The number of rotatable bonds is 6. The molecule has 118 valence electrons. The largest absolute Gasteiger partial charge is 0.497 e. The van der Waals surface area contributed by atoms with Crippen molar-refractivity contribution in [2.75, 3.05) is 21.2 Å². The number of methoxy groups -OCH3 is 1. The minimum absolute atomic E-state index is 0.578. The van der Waals surface area contributed by atoms with Crippen molar-refractivity contribution in [1.82, 2.24) is 10.2 Å². The number of benzene rings is 1. The van der Waals surface area contributed by atoms with Crippen LogP contribution < -0.4 is 10.1 Å². The van der Waals surface area contributed by atoms with Crippen LogP contribution in [0.3, 0.4) is 0 Å². The molecule has 2 rings (SSSR count). The van der Waals surface area contributed by atoms with Crippen LogP contribution in [0.1, 0.15) is 38.2 Å². The molecule has 0 aliphatic heterocycles. The Morgan fingerprint density at radius 3 is 2.33 bits per heavy atom. The van der Waals surface area contributed by atoms with E-state index in [-0.39, 0.29) is 0 Å². The molecular weight excluding hydrogens is 260 g/mol. The van der Waals surface area contributed by atoms with Crippen molar-refractivity contribution >= 4 is 0 Å². The van der Waals surface area contributed by atoms with Crippen LogP contribution in [-0.2, 0) is 6.42 Å². The summed E-state index contributed by atoms with van der Waals surface area (Å²) < 4.78 is 5.22. The Morgan fingerprint density at radius 2 is 1.81 bits per heavy atom. The molecule has 0 aromatic heterocycles. The van der Waals surface area contributed by atoms with Crippen LogP contribution in [0.4, 0.5) is 0 Å². The summed E-state index contributed by atoms with van der Waals surface area (Å²) >= 11 is 0. The molecule has 0 saturated heterocycles. The Balaban J connectivity index is 1.85. The topological polar surface area (TPSA) is 24.5 Å². The van der Waals surface area contributed by atoms with Gasteiger partial charge in [0.2, 0.25) is 0 Å². The van der Waals surface area contributed by atoms with Gasteiger partial charge in [0, 0.05) is 18.1 Å². The predicted molar refractivity (Wildman–Crippen MR) is 89.0 cm³/mol. The highest BCUT2D eigenvalue weighted by atomic mass is 16.5. The van der Waals surface area contributed by atoms with Crippen molar-refractivity contribution in [3.63, 3.8) is 0 Å². The minimum Gasteiger partial charge on any atom is -0.497 e. The quantitative estimate of drug-likeness (QED) is 0.871. The van der Waals surface area contributed by atoms with Gasteiger partial charge in [0.05, 0.1) is 7.11 Å². The van der Waals surface area contributed by atoms with E-state index in [9.17, 15) is 0 Å². The highest BCUT2D eigenvalue weighted by Crippen LogP contribution is 2.24. The van der Waals surface area contributed by atoms with E-state index < -0.39 is 0 Å². The standard InChI is InChI=1S/C18H30N2O/c1-14(13-15-5-11-18(21-4)12-6-15)20(3)17-9-7-16(19-2)8-10-17/h5-6,11-12,14,16-17,19H,7-10,13H2,1-4H3. The fourth-order valence-electron chi connectivity index (χ4n) is 3.38. The fourth-order valence-corrected chi connectivity index (χ4v) is 3.38. The van der Waals surface area contributed by atoms with Gasteiger partial charge >= 0.3 is 0 Å². The molecule has 0 heterocycles. The maximum atomic E-state index is 5.22. The van der Waals surface area contributed by atoms with Crippen molar-refractivity contribution in [3.05, 3.63) is 29.8 Å². The number of nitrogens with zero attached hydrogens (tertiary/aromatic N) is 1. The second-order valence-corrected chi connectivity index (χ2v) is 6.36. The lowest BCUT2D eigenvalue weighted by atomic mass is 9.89. The van der Waals surface area contributed by atoms with Gasteiger partial charge in [-0.05, 0) is 70.8 Å². The molecule has 21 heavy (non-hydrogen) atoms. The van der Waals surface area contributed by atoms with Gasteiger partial charge in [-0.2, -0.15) is 0 Å². The molecule has 1 aromatic carbocycles.